The molecule has 0 bridgehead atoms. The molecular weight excluding hydrogens is 285 g/mol. The van der Waals surface area contributed by atoms with Crippen molar-refractivity contribution in [3.05, 3.63) is 32.4 Å². The highest BCUT2D eigenvalue weighted by atomic mass is 127. The quantitative estimate of drug-likeness (QED) is 0.391. The van der Waals surface area contributed by atoms with Gasteiger partial charge in [-0.05, 0) is 42.5 Å². The zero-order valence-corrected chi connectivity index (χ0v) is 9.37. The van der Waals surface area contributed by atoms with E-state index in [1.807, 2.05) is 22.6 Å². The van der Waals surface area contributed by atoms with E-state index < -0.39 is 11.6 Å². The molecule has 0 aliphatic heterocycles. The highest BCUT2D eigenvalue weighted by Gasteiger charge is 2.11. The average molecular weight is 292 g/mol. The van der Waals surface area contributed by atoms with Gasteiger partial charge in [-0.3, -0.25) is 0 Å². The molecule has 0 fully saturated rings. The normalized spacial score (nSPS) is 9.31. The first kappa shape index (κ1) is 10.5. The summed E-state index contributed by atoms with van der Waals surface area (Å²) in [7, 11) is 0. The third kappa shape index (κ3) is 1.99. The fraction of sp³-hybridized carbons (Fsp3) is 0.200. The molecule has 1 rings (SSSR count). The summed E-state index contributed by atoms with van der Waals surface area (Å²) in [6, 6.07) is 1.41. The van der Waals surface area contributed by atoms with Gasteiger partial charge in [0, 0.05) is 5.56 Å². The van der Waals surface area contributed by atoms with Crippen molar-refractivity contribution in [3.8, 4) is 11.8 Å². The third-order valence-electron chi connectivity index (χ3n) is 1.64. The molecule has 0 aliphatic rings. The van der Waals surface area contributed by atoms with Crippen molar-refractivity contribution in [2.45, 2.75) is 13.8 Å². The number of halogens is 3. The second-order valence-electron chi connectivity index (χ2n) is 2.53. The van der Waals surface area contributed by atoms with Crippen molar-refractivity contribution in [1.82, 2.24) is 0 Å². The highest BCUT2D eigenvalue weighted by molar-refractivity contribution is 14.1. The van der Waals surface area contributed by atoms with E-state index in [4.69, 9.17) is 0 Å². The van der Waals surface area contributed by atoms with Gasteiger partial charge in [0.1, 0.15) is 11.6 Å². The van der Waals surface area contributed by atoms with E-state index in [2.05, 4.69) is 11.8 Å². The van der Waals surface area contributed by atoms with Gasteiger partial charge in [-0.1, -0.05) is 5.92 Å². The highest BCUT2D eigenvalue weighted by Crippen LogP contribution is 2.20. The standard InChI is InChI=1S/C10H7F2I/c1-3-4-7-5-8(13)10(12)6(2)9(7)11/h5H,1-2H3. The van der Waals surface area contributed by atoms with Crippen molar-refractivity contribution in [2.75, 3.05) is 0 Å². The fourth-order valence-electron chi connectivity index (χ4n) is 0.957. The van der Waals surface area contributed by atoms with Crippen LogP contribution in [0.1, 0.15) is 18.1 Å². The number of hydrogen-bond acceptors (Lipinski definition) is 0. The smallest absolute Gasteiger partial charge is 0.144 e. The molecule has 0 aromatic heterocycles. The zero-order valence-electron chi connectivity index (χ0n) is 7.21. The molecule has 0 unspecified atom stereocenters. The van der Waals surface area contributed by atoms with Gasteiger partial charge in [0.05, 0.1) is 9.13 Å². The minimum Gasteiger partial charge on any atom is -0.205 e. The van der Waals surface area contributed by atoms with Gasteiger partial charge in [0.25, 0.3) is 0 Å². The molecule has 1 aromatic carbocycles. The predicted octanol–water partition coefficient (Wildman–Crippen LogP) is 3.25. The van der Waals surface area contributed by atoms with Crippen LogP contribution in [0.4, 0.5) is 8.78 Å². The van der Waals surface area contributed by atoms with Crippen molar-refractivity contribution >= 4 is 22.6 Å². The molecule has 68 valence electrons. The van der Waals surface area contributed by atoms with E-state index in [9.17, 15) is 8.78 Å². The van der Waals surface area contributed by atoms with Crippen LogP contribution in [0.2, 0.25) is 0 Å². The van der Waals surface area contributed by atoms with E-state index in [-0.39, 0.29) is 11.1 Å². The lowest BCUT2D eigenvalue weighted by Crippen LogP contribution is -1.96. The van der Waals surface area contributed by atoms with E-state index in [1.165, 1.54) is 13.0 Å². The SMILES string of the molecule is CC#Cc1cc(I)c(F)c(C)c1F. The average Bonchev–Trinajstić information content (AvgIpc) is 2.11. The summed E-state index contributed by atoms with van der Waals surface area (Å²) in [5.74, 6) is 4.11. The van der Waals surface area contributed by atoms with Crippen LogP contribution >= 0.6 is 22.6 Å². The molecule has 0 amide bonds. The van der Waals surface area contributed by atoms with E-state index in [1.54, 1.807) is 6.92 Å². The summed E-state index contributed by atoms with van der Waals surface area (Å²) < 4.78 is 26.8. The minimum atomic E-state index is -0.563. The Hall–Kier alpha value is -0.630. The van der Waals surface area contributed by atoms with E-state index >= 15 is 0 Å². The topological polar surface area (TPSA) is 0 Å². The maximum Gasteiger partial charge on any atom is 0.144 e. The van der Waals surface area contributed by atoms with Gasteiger partial charge < -0.3 is 0 Å². The first-order chi connectivity index (χ1) is 6.07. The Bertz CT molecular complexity index is 400. The van der Waals surface area contributed by atoms with Gasteiger partial charge in [-0.25, -0.2) is 8.78 Å². The van der Waals surface area contributed by atoms with Crippen LogP contribution in [0.25, 0.3) is 0 Å². The van der Waals surface area contributed by atoms with Crippen LogP contribution in [0, 0.1) is 34.0 Å². The first-order valence-corrected chi connectivity index (χ1v) is 4.72. The van der Waals surface area contributed by atoms with E-state index in [0.29, 0.717) is 3.57 Å². The Morgan fingerprint density at radius 2 is 1.92 bits per heavy atom. The van der Waals surface area contributed by atoms with Gasteiger partial charge in [-0.15, -0.1) is 5.92 Å². The maximum atomic E-state index is 13.3. The van der Waals surface area contributed by atoms with Gasteiger partial charge in [0.15, 0.2) is 0 Å². The molecule has 0 radical (unpaired) electrons. The molecule has 0 spiro atoms. The number of hydrogen-bond donors (Lipinski definition) is 0. The summed E-state index contributed by atoms with van der Waals surface area (Å²) in [4.78, 5) is 0. The lowest BCUT2D eigenvalue weighted by atomic mass is 10.1. The minimum absolute atomic E-state index is 0.0321. The van der Waals surface area contributed by atoms with Crippen molar-refractivity contribution in [3.63, 3.8) is 0 Å². The Kier molecular flexibility index (Phi) is 3.26. The second kappa shape index (κ2) is 4.05. The summed E-state index contributed by atoms with van der Waals surface area (Å²) in [6.07, 6.45) is 0. The molecule has 1 aromatic rings. The summed E-state index contributed by atoms with van der Waals surface area (Å²) >= 11 is 1.82. The molecule has 3 heteroatoms. The Morgan fingerprint density at radius 3 is 2.46 bits per heavy atom. The Morgan fingerprint density at radius 1 is 1.31 bits per heavy atom. The fourth-order valence-corrected chi connectivity index (χ4v) is 1.67. The molecule has 0 N–H and O–H groups in total. The van der Waals surface area contributed by atoms with Crippen LogP contribution < -0.4 is 0 Å². The first-order valence-electron chi connectivity index (χ1n) is 3.64. The molecule has 0 aliphatic carbocycles. The molecule has 0 heterocycles. The maximum absolute atomic E-state index is 13.3. The lowest BCUT2D eigenvalue weighted by molar-refractivity contribution is 0.561. The van der Waals surface area contributed by atoms with Crippen molar-refractivity contribution in [2.24, 2.45) is 0 Å². The van der Waals surface area contributed by atoms with Crippen molar-refractivity contribution in [1.29, 1.82) is 0 Å². The summed E-state index contributed by atoms with van der Waals surface area (Å²) in [5.41, 5.74) is 0.287. The number of benzene rings is 1. The molecule has 13 heavy (non-hydrogen) atoms. The van der Waals surface area contributed by atoms with Gasteiger partial charge >= 0.3 is 0 Å². The molecule has 0 atom stereocenters. The monoisotopic (exact) mass is 292 g/mol. The molecular formula is C10H7F2I. The van der Waals surface area contributed by atoms with Gasteiger partial charge in [0.2, 0.25) is 0 Å². The van der Waals surface area contributed by atoms with E-state index in [0.717, 1.165) is 0 Å². The summed E-state index contributed by atoms with van der Waals surface area (Å²) in [5, 5.41) is 0. The largest absolute Gasteiger partial charge is 0.205 e. The number of rotatable bonds is 0. The van der Waals surface area contributed by atoms with Crippen molar-refractivity contribution < 1.29 is 8.78 Å². The molecule has 0 nitrogen and oxygen atoms in total. The Labute approximate surface area is 89.5 Å². The molecule has 0 saturated carbocycles. The van der Waals surface area contributed by atoms with Gasteiger partial charge in [-0.2, -0.15) is 0 Å². The predicted molar refractivity (Wildman–Crippen MR) is 56.4 cm³/mol. The Balaban J connectivity index is 3.46. The van der Waals surface area contributed by atoms with Crippen LogP contribution in [0.3, 0.4) is 0 Å². The summed E-state index contributed by atoms with van der Waals surface area (Å²) in [6.45, 7) is 3.03. The van der Waals surface area contributed by atoms with Crippen LogP contribution in [-0.4, -0.2) is 0 Å². The molecule has 0 saturated heterocycles. The van der Waals surface area contributed by atoms with Crippen LogP contribution in [0.15, 0.2) is 6.07 Å². The van der Waals surface area contributed by atoms with Crippen LogP contribution in [0.5, 0.6) is 0 Å². The van der Waals surface area contributed by atoms with Crippen LogP contribution in [-0.2, 0) is 0 Å². The zero-order chi connectivity index (χ0) is 10.0. The lowest BCUT2D eigenvalue weighted by Gasteiger charge is -2.03. The second-order valence-corrected chi connectivity index (χ2v) is 3.70. The third-order valence-corrected chi connectivity index (χ3v) is 2.42.